The van der Waals surface area contributed by atoms with Gasteiger partial charge in [0.1, 0.15) is 0 Å². The molecule has 1 heterocycles. The summed E-state index contributed by atoms with van der Waals surface area (Å²) in [4.78, 5) is 6.75. The molecule has 1 fully saturated rings. The Morgan fingerprint density at radius 1 is 1.37 bits per heavy atom. The van der Waals surface area contributed by atoms with Crippen LogP contribution in [0.1, 0.15) is 50.6 Å². The molecule has 3 heteroatoms. The van der Waals surface area contributed by atoms with Gasteiger partial charge in [-0.15, -0.1) is 0 Å². The van der Waals surface area contributed by atoms with Crippen molar-refractivity contribution >= 4 is 0 Å². The fourth-order valence-corrected chi connectivity index (χ4v) is 3.28. The van der Waals surface area contributed by atoms with Crippen LogP contribution in [0.4, 0.5) is 0 Å². The van der Waals surface area contributed by atoms with Crippen LogP contribution in [-0.4, -0.2) is 29.5 Å². The number of hydrogen-bond acceptors (Lipinski definition) is 3. The largest absolute Gasteiger partial charge is 0.328 e. The molecule has 1 aliphatic carbocycles. The maximum absolute atomic E-state index is 5.98. The minimum Gasteiger partial charge on any atom is -0.328 e. The van der Waals surface area contributed by atoms with Gasteiger partial charge in [-0.2, -0.15) is 0 Å². The van der Waals surface area contributed by atoms with Crippen molar-refractivity contribution in [2.24, 2.45) is 11.7 Å². The van der Waals surface area contributed by atoms with Crippen molar-refractivity contribution in [3.8, 4) is 0 Å². The number of rotatable bonds is 5. The number of hydrogen-bond donors (Lipinski definition) is 1. The molecule has 1 aromatic heterocycles. The van der Waals surface area contributed by atoms with E-state index in [4.69, 9.17) is 5.73 Å². The molecule has 0 bridgehead atoms. The second kappa shape index (κ2) is 7.01. The molecule has 0 spiro atoms. The van der Waals surface area contributed by atoms with Crippen LogP contribution in [-0.2, 0) is 0 Å². The van der Waals surface area contributed by atoms with E-state index < -0.39 is 0 Å². The molecule has 0 aromatic carbocycles. The van der Waals surface area contributed by atoms with Gasteiger partial charge in [-0.1, -0.05) is 13.0 Å². The molecule has 1 saturated carbocycles. The van der Waals surface area contributed by atoms with Gasteiger partial charge in [-0.25, -0.2) is 0 Å². The SMILES string of the molecule is CCC(c1cccnc1)N(C)CC1CCC(N)CC1. The van der Waals surface area contributed by atoms with E-state index in [0.717, 1.165) is 12.3 Å². The molecule has 2 N–H and O–H groups in total. The van der Waals surface area contributed by atoms with E-state index in [1.165, 1.54) is 37.8 Å². The minimum atomic E-state index is 0.446. The highest BCUT2D eigenvalue weighted by Gasteiger charge is 2.23. The highest BCUT2D eigenvalue weighted by Crippen LogP contribution is 2.28. The fraction of sp³-hybridized carbons (Fsp3) is 0.688. The summed E-state index contributed by atoms with van der Waals surface area (Å²) in [7, 11) is 2.25. The molecule has 3 nitrogen and oxygen atoms in total. The first-order valence-corrected chi connectivity index (χ1v) is 7.56. The van der Waals surface area contributed by atoms with E-state index in [1.807, 2.05) is 18.5 Å². The Hall–Kier alpha value is -0.930. The first kappa shape index (κ1) is 14.5. The average molecular weight is 261 g/mol. The van der Waals surface area contributed by atoms with Gasteiger partial charge in [0.25, 0.3) is 0 Å². The van der Waals surface area contributed by atoms with E-state index >= 15 is 0 Å². The number of pyridine rings is 1. The Labute approximate surface area is 117 Å². The fourth-order valence-electron chi connectivity index (χ4n) is 3.28. The molecule has 0 radical (unpaired) electrons. The molecule has 2 rings (SSSR count). The van der Waals surface area contributed by atoms with Gasteiger partial charge >= 0.3 is 0 Å². The monoisotopic (exact) mass is 261 g/mol. The zero-order chi connectivity index (χ0) is 13.7. The molecule has 0 amide bonds. The smallest absolute Gasteiger partial charge is 0.0357 e. The van der Waals surface area contributed by atoms with Crippen LogP contribution < -0.4 is 5.73 Å². The summed E-state index contributed by atoms with van der Waals surface area (Å²) < 4.78 is 0. The maximum Gasteiger partial charge on any atom is 0.0357 e. The molecular weight excluding hydrogens is 234 g/mol. The lowest BCUT2D eigenvalue weighted by atomic mass is 9.86. The van der Waals surface area contributed by atoms with Crippen molar-refractivity contribution in [2.75, 3.05) is 13.6 Å². The maximum atomic E-state index is 5.98. The van der Waals surface area contributed by atoms with E-state index in [-0.39, 0.29) is 0 Å². The molecule has 0 aliphatic heterocycles. The van der Waals surface area contributed by atoms with Crippen molar-refractivity contribution in [3.05, 3.63) is 30.1 Å². The summed E-state index contributed by atoms with van der Waals surface area (Å²) in [6.07, 6.45) is 9.95. The lowest BCUT2D eigenvalue weighted by Gasteiger charge is -2.33. The highest BCUT2D eigenvalue weighted by atomic mass is 15.1. The van der Waals surface area contributed by atoms with Crippen LogP contribution >= 0.6 is 0 Å². The molecular formula is C16H27N3. The topological polar surface area (TPSA) is 42.2 Å². The third kappa shape index (κ3) is 4.02. The summed E-state index contributed by atoms with van der Waals surface area (Å²) in [6.45, 7) is 3.44. The number of nitrogens with zero attached hydrogens (tertiary/aromatic N) is 2. The lowest BCUT2D eigenvalue weighted by Crippen LogP contribution is -2.34. The molecule has 1 aromatic rings. The summed E-state index contributed by atoms with van der Waals surface area (Å²) in [5.41, 5.74) is 7.32. The Morgan fingerprint density at radius 2 is 2.11 bits per heavy atom. The van der Waals surface area contributed by atoms with E-state index in [1.54, 1.807) is 0 Å². The third-order valence-corrected chi connectivity index (χ3v) is 4.43. The van der Waals surface area contributed by atoms with Crippen molar-refractivity contribution < 1.29 is 0 Å². The summed E-state index contributed by atoms with van der Waals surface area (Å²) >= 11 is 0. The second-order valence-corrected chi connectivity index (χ2v) is 5.93. The van der Waals surface area contributed by atoms with Gasteiger partial charge in [0.2, 0.25) is 0 Å². The van der Waals surface area contributed by atoms with Gasteiger partial charge in [0.05, 0.1) is 0 Å². The Bertz CT molecular complexity index is 358. The second-order valence-electron chi connectivity index (χ2n) is 5.93. The van der Waals surface area contributed by atoms with Gasteiger partial charge in [-0.3, -0.25) is 9.88 Å². The molecule has 1 aliphatic rings. The van der Waals surface area contributed by atoms with E-state index in [0.29, 0.717) is 12.1 Å². The Kier molecular flexibility index (Phi) is 5.34. The van der Waals surface area contributed by atoms with Crippen LogP contribution in [0, 0.1) is 5.92 Å². The molecule has 19 heavy (non-hydrogen) atoms. The van der Waals surface area contributed by atoms with Crippen molar-refractivity contribution in [3.63, 3.8) is 0 Å². The van der Waals surface area contributed by atoms with Crippen molar-refractivity contribution in [1.82, 2.24) is 9.88 Å². The molecule has 1 unspecified atom stereocenters. The Balaban J connectivity index is 1.92. The van der Waals surface area contributed by atoms with Gasteiger partial charge in [0.15, 0.2) is 0 Å². The van der Waals surface area contributed by atoms with Crippen LogP contribution in [0.3, 0.4) is 0 Å². The Morgan fingerprint density at radius 3 is 2.68 bits per heavy atom. The lowest BCUT2D eigenvalue weighted by molar-refractivity contribution is 0.173. The number of nitrogens with two attached hydrogens (primary N) is 1. The predicted molar refractivity (Wildman–Crippen MR) is 79.8 cm³/mol. The summed E-state index contributed by atoms with van der Waals surface area (Å²) in [5, 5.41) is 0. The van der Waals surface area contributed by atoms with Crippen molar-refractivity contribution in [2.45, 2.75) is 51.1 Å². The molecule has 1 atom stereocenters. The van der Waals surface area contributed by atoms with Crippen LogP contribution in [0.2, 0.25) is 0 Å². The molecule has 106 valence electrons. The number of aromatic nitrogens is 1. The van der Waals surface area contributed by atoms with Crippen LogP contribution in [0.15, 0.2) is 24.5 Å². The average Bonchev–Trinajstić information content (AvgIpc) is 2.43. The van der Waals surface area contributed by atoms with Gasteiger partial charge < -0.3 is 5.73 Å². The van der Waals surface area contributed by atoms with E-state index in [9.17, 15) is 0 Å². The van der Waals surface area contributed by atoms with E-state index in [2.05, 4.69) is 29.9 Å². The highest BCUT2D eigenvalue weighted by molar-refractivity contribution is 5.13. The van der Waals surface area contributed by atoms with Gasteiger partial charge in [-0.05, 0) is 56.7 Å². The van der Waals surface area contributed by atoms with Gasteiger partial charge in [0, 0.05) is 31.0 Å². The van der Waals surface area contributed by atoms with Crippen molar-refractivity contribution in [1.29, 1.82) is 0 Å². The standard InChI is InChI=1S/C16H27N3/c1-3-16(14-5-4-10-18-11-14)19(2)12-13-6-8-15(17)9-7-13/h4-5,10-11,13,15-16H,3,6-9,12,17H2,1-2H3. The summed E-state index contributed by atoms with van der Waals surface area (Å²) in [6, 6.07) is 5.16. The first-order valence-electron chi connectivity index (χ1n) is 7.56. The zero-order valence-electron chi connectivity index (χ0n) is 12.3. The summed E-state index contributed by atoms with van der Waals surface area (Å²) in [5.74, 6) is 0.815. The molecule has 0 saturated heterocycles. The quantitative estimate of drug-likeness (QED) is 0.886. The third-order valence-electron chi connectivity index (χ3n) is 4.43. The normalized spacial score (nSPS) is 25.5. The first-order chi connectivity index (χ1) is 9.20. The predicted octanol–water partition coefficient (Wildman–Crippen LogP) is 2.98. The van der Waals surface area contributed by atoms with Crippen LogP contribution in [0.25, 0.3) is 0 Å². The van der Waals surface area contributed by atoms with Crippen LogP contribution in [0.5, 0.6) is 0 Å². The minimum absolute atomic E-state index is 0.446. The zero-order valence-corrected chi connectivity index (χ0v) is 12.3.